The van der Waals surface area contributed by atoms with Crippen LogP contribution in [0.25, 0.3) is 0 Å². The molecule has 1 heterocycles. The predicted molar refractivity (Wildman–Crippen MR) is 72.9 cm³/mol. The molecule has 0 aliphatic heterocycles. The second-order valence-electron chi connectivity index (χ2n) is 4.65. The SMILES string of the molecule is CCC(C)N(CCOC)CC(=O)c1cccn1C. The lowest BCUT2D eigenvalue weighted by Gasteiger charge is -2.27. The molecule has 0 N–H and O–H groups in total. The van der Waals surface area contributed by atoms with Gasteiger partial charge >= 0.3 is 0 Å². The summed E-state index contributed by atoms with van der Waals surface area (Å²) in [4.78, 5) is 14.4. The van der Waals surface area contributed by atoms with E-state index in [1.54, 1.807) is 7.11 Å². The molecule has 0 amide bonds. The van der Waals surface area contributed by atoms with Crippen LogP contribution in [0.1, 0.15) is 30.8 Å². The van der Waals surface area contributed by atoms with Crippen LogP contribution in [-0.2, 0) is 11.8 Å². The standard InChI is InChI=1S/C14H24N2O2/c1-5-12(2)16(9-10-18-4)11-14(17)13-7-6-8-15(13)3/h6-8,12H,5,9-11H2,1-4H3. The average molecular weight is 252 g/mol. The number of ketones is 1. The quantitative estimate of drug-likeness (QED) is 0.663. The minimum absolute atomic E-state index is 0.166. The summed E-state index contributed by atoms with van der Waals surface area (Å²) in [5.74, 6) is 0.166. The number of aromatic nitrogens is 1. The number of nitrogens with zero attached hydrogens (tertiary/aromatic N) is 2. The number of hydrogen-bond donors (Lipinski definition) is 0. The molecule has 1 aromatic rings. The van der Waals surface area contributed by atoms with Crippen LogP contribution in [0, 0.1) is 0 Å². The summed E-state index contributed by atoms with van der Waals surface area (Å²) in [5.41, 5.74) is 0.765. The summed E-state index contributed by atoms with van der Waals surface area (Å²) < 4.78 is 6.97. The van der Waals surface area contributed by atoms with Gasteiger partial charge in [0.25, 0.3) is 0 Å². The van der Waals surface area contributed by atoms with E-state index in [0.29, 0.717) is 19.2 Å². The lowest BCUT2D eigenvalue weighted by Crippen LogP contribution is -2.39. The van der Waals surface area contributed by atoms with E-state index < -0.39 is 0 Å². The van der Waals surface area contributed by atoms with E-state index in [4.69, 9.17) is 4.74 Å². The van der Waals surface area contributed by atoms with Crippen LogP contribution in [0.15, 0.2) is 18.3 Å². The Kier molecular flexibility index (Phi) is 6.09. The van der Waals surface area contributed by atoms with Crippen molar-refractivity contribution in [3.05, 3.63) is 24.0 Å². The molecule has 4 heteroatoms. The number of rotatable bonds is 8. The molecule has 0 radical (unpaired) electrons. The van der Waals surface area contributed by atoms with Gasteiger partial charge in [0.2, 0.25) is 0 Å². The molecule has 1 aromatic heterocycles. The highest BCUT2D eigenvalue weighted by atomic mass is 16.5. The molecule has 102 valence electrons. The Morgan fingerprint density at radius 2 is 2.28 bits per heavy atom. The van der Waals surface area contributed by atoms with Gasteiger partial charge in [-0.15, -0.1) is 0 Å². The van der Waals surface area contributed by atoms with Crippen molar-refractivity contribution in [2.24, 2.45) is 7.05 Å². The van der Waals surface area contributed by atoms with E-state index in [-0.39, 0.29) is 5.78 Å². The fourth-order valence-electron chi connectivity index (χ4n) is 1.94. The molecule has 1 unspecified atom stereocenters. The molecular formula is C14H24N2O2. The van der Waals surface area contributed by atoms with Crippen molar-refractivity contribution < 1.29 is 9.53 Å². The molecule has 18 heavy (non-hydrogen) atoms. The zero-order valence-corrected chi connectivity index (χ0v) is 11.8. The molecule has 0 spiro atoms. The average Bonchev–Trinajstić information content (AvgIpc) is 2.79. The molecule has 0 aliphatic rings. The fourth-order valence-corrected chi connectivity index (χ4v) is 1.94. The molecule has 0 fully saturated rings. The Bertz CT molecular complexity index is 374. The Balaban J connectivity index is 2.65. The first-order valence-electron chi connectivity index (χ1n) is 6.47. The highest BCUT2D eigenvalue weighted by molar-refractivity contribution is 5.96. The Morgan fingerprint density at radius 1 is 1.56 bits per heavy atom. The third kappa shape index (κ3) is 3.96. The minimum Gasteiger partial charge on any atom is -0.383 e. The van der Waals surface area contributed by atoms with Crippen molar-refractivity contribution in [1.29, 1.82) is 0 Å². The first-order valence-corrected chi connectivity index (χ1v) is 6.47. The third-order valence-electron chi connectivity index (χ3n) is 3.37. The first kappa shape index (κ1) is 14.9. The summed E-state index contributed by atoms with van der Waals surface area (Å²) in [6.45, 7) is 6.19. The van der Waals surface area contributed by atoms with Crippen molar-refractivity contribution in [3.8, 4) is 0 Å². The highest BCUT2D eigenvalue weighted by Gasteiger charge is 2.18. The van der Waals surface area contributed by atoms with E-state index in [1.807, 2.05) is 29.9 Å². The van der Waals surface area contributed by atoms with Crippen LogP contribution in [-0.4, -0.2) is 48.1 Å². The lowest BCUT2D eigenvalue weighted by atomic mass is 10.2. The van der Waals surface area contributed by atoms with Crippen molar-refractivity contribution in [2.45, 2.75) is 26.3 Å². The van der Waals surface area contributed by atoms with Gasteiger partial charge in [-0.1, -0.05) is 6.92 Å². The Labute approximate surface area is 110 Å². The maximum Gasteiger partial charge on any atom is 0.193 e. The smallest absolute Gasteiger partial charge is 0.193 e. The zero-order valence-electron chi connectivity index (χ0n) is 11.8. The Hall–Kier alpha value is -1.13. The molecule has 0 bridgehead atoms. The van der Waals surface area contributed by atoms with Crippen LogP contribution >= 0.6 is 0 Å². The molecule has 0 saturated carbocycles. The van der Waals surface area contributed by atoms with E-state index in [0.717, 1.165) is 18.7 Å². The largest absolute Gasteiger partial charge is 0.383 e. The number of aryl methyl sites for hydroxylation is 1. The van der Waals surface area contributed by atoms with Gasteiger partial charge in [-0.05, 0) is 25.5 Å². The third-order valence-corrected chi connectivity index (χ3v) is 3.37. The van der Waals surface area contributed by atoms with Gasteiger partial charge in [-0.25, -0.2) is 0 Å². The molecule has 0 saturated heterocycles. The second-order valence-corrected chi connectivity index (χ2v) is 4.65. The number of ether oxygens (including phenoxy) is 1. The topological polar surface area (TPSA) is 34.5 Å². The maximum absolute atomic E-state index is 12.2. The number of hydrogen-bond acceptors (Lipinski definition) is 3. The number of methoxy groups -OCH3 is 1. The van der Waals surface area contributed by atoms with Gasteiger partial charge in [-0.2, -0.15) is 0 Å². The maximum atomic E-state index is 12.2. The van der Waals surface area contributed by atoms with Gasteiger partial charge in [-0.3, -0.25) is 9.69 Å². The van der Waals surface area contributed by atoms with Gasteiger partial charge < -0.3 is 9.30 Å². The monoisotopic (exact) mass is 252 g/mol. The van der Waals surface area contributed by atoms with Crippen molar-refractivity contribution in [1.82, 2.24) is 9.47 Å². The van der Waals surface area contributed by atoms with Crippen molar-refractivity contribution in [3.63, 3.8) is 0 Å². The van der Waals surface area contributed by atoms with Gasteiger partial charge in [0.1, 0.15) is 0 Å². The lowest BCUT2D eigenvalue weighted by molar-refractivity contribution is 0.0827. The summed E-state index contributed by atoms with van der Waals surface area (Å²) in [5, 5.41) is 0. The van der Waals surface area contributed by atoms with Crippen LogP contribution in [0.3, 0.4) is 0 Å². The summed E-state index contributed by atoms with van der Waals surface area (Å²) in [6, 6.07) is 4.16. The molecule has 4 nitrogen and oxygen atoms in total. The zero-order chi connectivity index (χ0) is 13.5. The van der Waals surface area contributed by atoms with Crippen LogP contribution in [0.4, 0.5) is 0 Å². The molecular weight excluding hydrogens is 228 g/mol. The van der Waals surface area contributed by atoms with Gasteiger partial charge in [0.05, 0.1) is 18.8 Å². The second kappa shape index (κ2) is 7.34. The summed E-state index contributed by atoms with van der Waals surface area (Å²) in [6.07, 6.45) is 2.93. The number of Topliss-reactive ketones (excluding diaryl/α,β-unsaturated/α-hetero) is 1. The first-order chi connectivity index (χ1) is 8.60. The van der Waals surface area contributed by atoms with E-state index in [9.17, 15) is 4.79 Å². The van der Waals surface area contributed by atoms with E-state index in [2.05, 4.69) is 18.7 Å². The van der Waals surface area contributed by atoms with Crippen LogP contribution < -0.4 is 0 Å². The molecule has 0 aliphatic carbocycles. The Morgan fingerprint density at radius 3 is 2.78 bits per heavy atom. The fraction of sp³-hybridized carbons (Fsp3) is 0.643. The highest BCUT2D eigenvalue weighted by Crippen LogP contribution is 2.07. The number of carbonyl (C=O) groups is 1. The van der Waals surface area contributed by atoms with E-state index in [1.165, 1.54) is 0 Å². The summed E-state index contributed by atoms with van der Waals surface area (Å²) >= 11 is 0. The molecule has 1 rings (SSSR count). The van der Waals surface area contributed by atoms with E-state index >= 15 is 0 Å². The van der Waals surface area contributed by atoms with Crippen molar-refractivity contribution in [2.75, 3.05) is 26.8 Å². The van der Waals surface area contributed by atoms with Crippen LogP contribution in [0.2, 0.25) is 0 Å². The number of carbonyl (C=O) groups excluding carboxylic acids is 1. The normalized spacial score (nSPS) is 12.9. The minimum atomic E-state index is 0.166. The van der Waals surface area contributed by atoms with Gasteiger partial charge in [0, 0.05) is 32.9 Å². The molecule has 1 atom stereocenters. The molecule has 0 aromatic carbocycles. The van der Waals surface area contributed by atoms with Gasteiger partial charge in [0.15, 0.2) is 5.78 Å². The van der Waals surface area contributed by atoms with Crippen LogP contribution in [0.5, 0.6) is 0 Å². The predicted octanol–water partition coefficient (Wildman–Crippen LogP) is 1.95. The summed E-state index contributed by atoms with van der Waals surface area (Å²) in [7, 11) is 3.59. The van der Waals surface area contributed by atoms with Crippen molar-refractivity contribution >= 4 is 5.78 Å².